The Morgan fingerprint density at radius 1 is 1.26 bits per heavy atom. The molecule has 2 aromatic carbocycles. The normalized spacial score (nSPS) is 10.7. The molecule has 0 aliphatic heterocycles. The molecule has 3 aromatic rings. The van der Waals surface area contributed by atoms with Crippen LogP contribution in [0.4, 0.5) is 5.69 Å². The minimum absolute atomic E-state index is 0.148. The summed E-state index contributed by atoms with van der Waals surface area (Å²) in [6, 6.07) is 11.3. The fraction of sp³-hybridized carbons (Fsp3) is 0.222. The molecule has 1 amide bonds. The van der Waals surface area contributed by atoms with E-state index in [1.54, 1.807) is 19.2 Å². The zero-order valence-corrected chi connectivity index (χ0v) is 13.3. The minimum atomic E-state index is -0.162. The van der Waals surface area contributed by atoms with Gasteiger partial charge < -0.3 is 14.6 Å². The van der Waals surface area contributed by atoms with Crippen molar-refractivity contribution in [1.82, 2.24) is 5.16 Å². The van der Waals surface area contributed by atoms with Crippen molar-refractivity contribution in [3.8, 4) is 5.75 Å². The monoisotopic (exact) mass is 310 g/mol. The lowest BCUT2D eigenvalue weighted by Crippen LogP contribution is -2.15. The van der Waals surface area contributed by atoms with Crippen LogP contribution in [0.1, 0.15) is 16.8 Å². The van der Waals surface area contributed by atoms with Gasteiger partial charge in [-0.25, -0.2) is 0 Å². The number of aryl methyl sites for hydroxylation is 2. The number of hydrogen-bond acceptors (Lipinski definition) is 4. The van der Waals surface area contributed by atoms with Crippen LogP contribution in [-0.2, 0) is 11.2 Å². The lowest BCUT2D eigenvalue weighted by Gasteiger charge is -2.09. The number of benzene rings is 2. The van der Waals surface area contributed by atoms with E-state index >= 15 is 0 Å². The molecule has 0 unspecified atom stereocenters. The summed E-state index contributed by atoms with van der Waals surface area (Å²) in [6.07, 6.45) is 0.148. The highest BCUT2D eigenvalue weighted by Crippen LogP contribution is 2.26. The predicted molar refractivity (Wildman–Crippen MR) is 88.8 cm³/mol. The topological polar surface area (TPSA) is 64.4 Å². The van der Waals surface area contributed by atoms with Crippen molar-refractivity contribution in [2.45, 2.75) is 20.3 Å². The van der Waals surface area contributed by atoms with Gasteiger partial charge in [0.1, 0.15) is 11.4 Å². The van der Waals surface area contributed by atoms with Crippen LogP contribution in [0.3, 0.4) is 0 Å². The van der Waals surface area contributed by atoms with Gasteiger partial charge in [-0.1, -0.05) is 23.4 Å². The van der Waals surface area contributed by atoms with E-state index in [4.69, 9.17) is 9.26 Å². The number of para-hydroxylation sites is 2. The van der Waals surface area contributed by atoms with E-state index in [0.29, 0.717) is 22.7 Å². The van der Waals surface area contributed by atoms with E-state index in [1.807, 2.05) is 32.0 Å². The third-order valence-electron chi connectivity index (χ3n) is 3.70. The molecule has 0 aliphatic rings. The number of aromatic nitrogens is 1. The second-order valence-electron chi connectivity index (χ2n) is 5.51. The average molecular weight is 310 g/mol. The summed E-state index contributed by atoms with van der Waals surface area (Å²) in [6.45, 7) is 4.00. The number of nitrogens with one attached hydrogen (secondary N) is 1. The molecule has 5 heteroatoms. The van der Waals surface area contributed by atoms with Crippen molar-refractivity contribution in [2.24, 2.45) is 0 Å². The highest BCUT2D eigenvalue weighted by atomic mass is 16.5. The Morgan fingerprint density at radius 2 is 2.04 bits per heavy atom. The van der Waals surface area contributed by atoms with Gasteiger partial charge in [0.15, 0.2) is 5.58 Å². The first kappa shape index (κ1) is 15.1. The second-order valence-corrected chi connectivity index (χ2v) is 5.51. The van der Waals surface area contributed by atoms with Crippen LogP contribution in [-0.4, -0.2) is 18.2 Å². The van der Waals surface area contributed by atoms with E-state index in [2.05, 4.69) is 16.5 Å². The Labute approximate surface area is 134 Å². The van der Waals surface area contributed by atoms with E-state index in [9.17, 15) is 4.79 Å². The van der Waals surface area contributed by atoms with Gasteiger partial charge in [0, 0.05) is 5.39 Å². The summed E-state index contributed by atoms with van der Waals surface area (Å²) in [5, 5.41) is 7.81. The molecule has 1 N–H and O–H groups in total. The summed E-state index contributed by atoms with van der Waals surface area (Å²) < 4.78 is 10.6. The summed E-state index contributed by atoms with van der Waals surface area (Å²) in [5.74, 6) is 0.461. The van der Waals surface area contributed by atoms with Gasteiger partial charge in [-0.05, 0) is 43.2 Å². The molecular weight excluding hydrogens is 292 g/mol. The SMILES string of the molecule is COc1ccccc1NC(=O)Cc1noc2cc(C)cc(C)c12. The Kier molecular flexibility index (Phi) is 4.02. The number of carbonyl (C=O) groups is 1. The van der Waals surface area contributed by atoms with Gasteiger partial charge in [-0.2, -0.15) is 0 Å². The van der Waals surface area contributed by atoms with Crippen LogP contribution in [0.25, 0.3) is 11.0 Å². The number of ether oxygens (including phenoxy) is 1. The number of amides is 1. The van der Waals surface area contributed by atoms with Gasteiger partial charge in [0.25, 0.3) is 0 Å². The lowest BCUT2D eigenvalue weighted by atomic mass is 10.0. The molecule has 0 aliphatic carbocycles. The highest BCUT2D eigenvalue weighted by Gasteiger charge is 2.15. The molecule has 1 heterocycles. The maximum Gasteiger partial charge on any atom is 0.230 e. The summed E-state index contributed by atoms with van der Waals surface area (Å²) in [7, 11) is 1.57. The van der Waals surface area contributed by atoms with Crippen molar-refractivity contribution in [2.75, 3.05) is 12.4 Å². The molecule has 0 bridgehead atoms. The maximum absolute atomic E-state index is 12.3. The fourth-order valence-electron chi connectivity index (χ4n) is 2.74. The summed E-state index contributed by atoms with van der Waals surface area (Å²) in [4.78, 5) is 12.3. The van der Waals surface area contributed by atoms with Crippen molar-refractivity contribution >= 4 is 22.6 Å². The molecule has 118 valence electrons. The van der Waals surface area contributed by atoms with Crippen LogP contribution < -0.4 is 10.1 Å². The Bertz CT molecular complexity index is 868. The first-order chi connectivity index (χ1) is 11.1. The van der Waals surface area contributed by atoms with Gasteiger partial charge in [-0.15, -0.1) is 0 Å². The van der Waals surface area contributed by atoms with Gasteiger partial charge >= 0.3 is 0 Å². The number of anilines is 1. The number of methoxy groups -OCH3 is 1. The zero-order chi connectivity index (χ0) is 16.4. The third kappa shape index (κ3) is 3.04. The smallest absolute Gasteiger partial charge is 0.230 e. The molecule has 1 aromatic heterocycles. The Balaban J connectivity index is 1.83. The molecule has 3 rings (SSSR count). The van der Waals surface area contributed by atoms with Crippen molar-refractivity contribution in [3.05, 3.63) is 53.2 Å². The predicted octanol–water partition coefficient (Wildman–Crippen LogP) is 3.63. The molecule has 0 fully saturated rings. The molecule has 23 heavy (non-hydrogen) atoms. The second kappa shape index (κ2) is 6.12. The summed E-state index contributed by atoms with van der Waals surface area (Å²) in [5.41, 5.74) is 4.16. The van der Waals surface area contributed by atoms with Crippen LogP contribution in [0.2, 0.25) is 0 Å². The molecular formula is C18H18N2O3. The fourth-order valence-corrected chi connectivity index (χ4v) is 2.74. The first-order valence-corrected chi connectivity index (χ1v) is 7.37. The highest BCUT2D eigenvalue weighted by molar-refractivity contribution is 5.96. The van der Waals surface area contributed by atoms with Crippen LogP contribution in [0, 0.1) is 13.8 Å². The first-order valence-electron chi connectivity index (χ1n) is 7.37. The molecule has 0 saturated carbocycles. The zero-order valence-electron chi connectivity index (χ0n) is 13.3. The van der Waals surface area contributed by atoms with Gasteiger partial charge in [0.2, 0.25) is 5.91 Å². The number of nitrogens with zero attached hydrogens (tertiary/aromatic N) is 1. The molecule has 5 nitrogen and oxygen atoms in total. The number of fused-ring (bicyclic) bond motifs is 1. The average Bonchev–Trinajstić information content (AvgIpc) is 2.90. The van der Waals surface area contributed by atoms with Crippen molar-refractivity contribution in [3.63, 3.8) is 0 Å². The van der Waals surface area contributed by atoms with E-state index < -0.39 is 0 Å². The Hall–Kier alpha value is -2.82. The molecule has 0 radical (unpaired) electrons. The quantitative estimate of drug-likeness (QED) is 0.799. The van der Waals surface area contributed by atoms with Crippen LogP contribution in [0.5, 0.6) is 5.75 Å². The molecule has 0 spiro atoms. The van der Waals surface area contributed by atoms with Crippen LogP contribution in [0.15, 0.2) is 40.9 Å². The molecule has 0 atom stereocenters. The van der Waals surface area contributed by atoms with Crippen molar-refractivity contribution in [1.29, 1.82) is 0 Å². The maximum atomic E-state index is 12.3. The minimum Gasteiger partial charge on any atom is -0.495 e. The van der Waals surface area contributed by atoms with E-state index in [0.717, 1.165) is 16.5 Å². The molecule has 0 saturated heterocycles. The Morgan fingerprint density at radius 3 is 2.83 bits per heavy atom. The number of rotatable bonds is 4. The lowest BCUT2D eigenvalue weighted by molar-refractivity contribution is -0.115. The summed E-state index contributed by atoms with van der Waals surface area (Å²) >= 11 is 0. The number of hydrogen-bond donors (Lipinski definition) is 1. The largest absolute Gasteiger partial charge is 0.495 e. The van der Waals surface area contributed by atoms with Gasteiger partial charge in [-0.3, -0.25) is 4.79 Å². The standard InChI is InChI=1S/C18H18N2O3/c1-11-8-12(2)18-14(20-23-16(18)9-11)10-17(21)19-13-6-4-5-7-15(13)22-3/h4-9H,10H2,1-3H3,(H,19,21). The van der Waals surface area contributed by atoms with Gasteiger partial charge in [0.05, 0.1) is 19.2 Å². The van der Waals surface area contributed by atoms with E-state index in [1.165, 1.54) is 0 Å². The van der Waals surface area contributed by atoms with Crippen LogP contribution >= 0.6 is 0 Å². The third-order valence-corrected chi connectivity index (χ3v) is 3.70. The van der Waals surface area contributed by atoms with Crippen molar-refractivity contribution < 1.29 is 14.1 Å². The number of carbonyl (C=O) groups excluding carboxylic acids is 1. The van der Waals surface area contributed by atoms with E-state index in [-0.39, 0.29) is 12.3 Å².